The van der Waals surface area contributed by atoms with E-state index in [2.05, 4.69) is 41.5 Å². The van der Waals surface area contributed by atoms with Gasteiger partial charge < -0.3 is 14.2 Å². The molecule has 2 aromatic carbocycles. The summed E-state index contributed by atoms with van der Waals surface area (Å²) in [4.78, 5) is 24.7. The first-order valence-electron chi connectivity index (χ1n) is 16.6. The molecule has 2 aromatic rings. The molecule has 0 bridgehead atoms. The molecule has 3 atom stereocenters. The largest absolute Gasteiger partial charge is 0.487 e. The van der Waals surface area contributed by atoms with E-state index in [0.717, 1.165) is 65.0 Å². The second kappa shape index (κ2) is 15.8. The van der Waals surface area contributed by atoms with Crippen molar-refractivity contribution in [1.29, 1.82) is 0 Å². The van der Waals surface area contributed by atoms with Gasteiger partial charge in [0, 0.05) is 12.5 Å². The number of carbonyl (C=O) groups is 2. The average Bonchev–Trinajstić information content (AvgIpc) is 2.93. The summed E-state index contributed by atoms with van der Waals surface area (Å²) in [5, 5.41) is 0. The lowest BCUT2D eigenvalue weighted by atomic mass is 9.83. The Morgan fingerprint density at radius 3 is 2.07 bits per heavy atom. The molecule has 3 rings (SSSR count). The Labute approximate surface area is 261 Å². The van der Waals surface area contributed by atoms with Crippen LogP contribution >= 0.6 is 0 Å². The number of fused-ring (bicyclic) bond motifs is 1. The van der Waals surface area contributed by atoms with Gasteiger partial charge in [0.1, 0.15) is 28.4 Å². The summed E-state index contributed by atoms with van der Waals surface area (Å²) in [6, 6.07) is 6.66. The molecule has 0 aliphatic carbocycles. The van der Waals surface area contributed by atoms with Crippen LogP contribution in [0.4, 0.5) is 0 Å². The topological polar surface area (TPSA) is 61.8 Å². The summed E-state index contributed by atoms with van der Waals surface area (Å²) >= 11 is 0. The van der Waals surface area contributed by atoms with E-state index >= 15 is 0 Å². The number of esters is 2. The first-order valence-corrected chi connectivity index (χ1v) is 16.6. The van der Waals surface area contributed by atoms with Gasteiger partial charge in [-0.3, -0.25) is 4.79 Å². The molecular formula is C38H56O5. The second-order valence-corrected chi connectivity index (χ2v) is 13.9. The monoisotopic (exact) mass is 592 g/mol. The van der Waals surface area contributed by atoms with Gasteiger partial charge >= 0.3 is 11.9 Å². The van der Waals surface area contributed by atoms with Crippen molar-refractivity contribution in [3.8, 4) is 17.2 Å². The molecule has 0 fully saturated rings. The summed E-state index contributed by atoms with van der Waals surface area (Å²) in [7, 11) is 0. The Balaban J connectivity index is 1.58. The molecule has 1 aliphatic heterocycles. The fourth-order valence-electron chi connectivity index (χ4n) is 6.44. The van der Waals surface area contributed by atoms with Gasteiger partial charge in [-0.15, -0.1) is 0 Å². The lowest BCUT2D eigenvalue weighted by molar-refractivity contribution is -0.131. The predicted octanol–water partition coefficient (Wildman–Crippen LogP) is 10.3. The van der Waals surface area contributed by atoms with Crippen molar-refractivity contribution in [3.05, 3.63) is 52.1 Å². The number of benzene rings is 2. The van der Waals surface area contributed by atoms with Crippen LogP contribution in [0.1, 0.15) is 138 Å². The van der Waals surface area contributed by atoms with E-state index in [9.17, 15) is 9.59 Å². The summed E-state index contributed by atoms with van der Waals surface area (Å²) in [5.74, 6) is 3.10. The molecule has 0 spiro atoms. The van der Waals surface area contributed by atoms with Crippen molar-refractivity contribution >= 4 is 11.9 Å². The number of para-hydroxylation sites is 1. The highest BCUT2D eigenvalue weighted by molar-refractivity contribution is 5.95. The molecule has 0 N–H and O–H groups in total. The van der Waals surface area contributed by atoms with Gasteiger partial charge in [-0.2, -0.15) is 0 Å². The highest BCUT2D eigenvalue weighted by atomic mass is 16.6. The quantitative estimate of drug-likeness (QED) is 0.152. The SMILES string of the molecule is CC(=O)Oc1ccccc1C(=O)Oc1c(C)c(C)c2c(c1C)CC[C@@](C)(CCC[C@H](C)CCC[C@H](C)CCCC(C)C)O2. The van der Waals surface area contributed by atoms with Gasteiger partial charge in [0.2, 0.25) is 0 Å². The third-order valence-electron chi connectivity index (χ3n) is 9.39. The van der Waals surface area contributed by atoms with E-state index in [0.29, 0.717) is 5.75 Å². The number of hydrogen-bond donors (Lipinski definition) is 0. The molecule has 0 radical (unpaired) electrons. The molecule has 5 heteroatoms. The van der Waals surface area contributed by atoms with Crippen LogP contribution in [0.25, 0.3) is 0 Å². The Hall–Kier alpha value is -2.82. The van der Waals surface area contributed by atoms with Crippen molar-refractivity contribution in [2.45, 2.75) is 139 Å². The van der Waals surface area contributed by atoms with Crippen LogP contribution in [0.5, 0.6) is 17.2 Å². The number of hydrogen-bond acceptors (Lipinski definition) is 5. The van der Waals surface area contributed by atoms with Gasteiger partial charge in [0.15, 0.2) is 0 Å². The van der Waals surface area contributed by atoms with Crippen molar-refractivity contribution in [1.82, 2.24) is 0 Å². The summed E-state index contributed by atoms with van der Waals surface area (Å²) < 4.78 is 18.0. The summed E-state index contributed by atoms with van der Waals surface area (Å²) in [6.45, 7) is 19.1. The molecule has 0 saturated heterocycles. The fourth-order valence-corrected chi connectivity index (χ4v) is 6.44. The standard InChI is InChI=1S/C38H56O5/c1-25(2)15-12-16-26(3)17-13-18-27(4)19-14-23-38(9)24-22-32-30(7)35(28(5)29(6)36(32)43-38)42-37(40)33-20-10-11-21-34(33)41-31(8)39/h10-11,20-21,25-27H,12-19,22-24H2,1-9H3/t26-,27-,38-/m1/s1. The van der Waals surface area contributed by atoms with E-state index in [1.165, 1.54) is 58.3 Å². The second-order valence-electron chi connectivity index (χ2n) is 13.9. The Kier molecular flexibility index (Phi) is 12.7. The third kappa shape index (κ3) is 9.84. The minimum absolute atomic E-state index is 0.192. The normalized spacial score (nSPS) is 17.6. The van der Waals surface area contributed by atoms with Crippen LogP contribution < -0.4 is 14.2 Å². The van der Waals surface area contributed by atoms with Crippen LogP contribution in [0.15, 0.2) is 24.3 Å². The molecule has 0 saturated carbocycles. The number of ether oxygens (including phenoxy) is 3. The third-order valence-corrected chi connectivity index (χ3v) is 9.39. The van der Waals surface area contributed by atoms with Crippen LogP contribution in [0.2, 0.25) is 0 Å². The zero-order valence-electron chi connectivity index (χ0n) is 28.4. The number of carbonyl (C=O) groups excluding carboxylic acids is 2. The molecular weight excluding hydrogens is 536 g/mol. The van der Waals surface area contributed by atoms with E-state index in [1.807, 2.05) is 13.8 Å². The maximum Gasteiger partial charge on any atom is 0.347 e. The van der Waals surface area contributed by atoms with Crippen LogP contribution in [0.3, 0.4) is 0 Å². The number of rotatable bonds is 15. The van der Waals surface area contributed by atoms with Crippen molar-refractivity contribution in [3.63, 3.8) is 0 Å². The Morgan fingerprint density at radius 2 is 1.44 bits per heavy atom. The van der Waals surface area contributed by atoms with Crippen molar-refractivity contribution < 1.29 is 23.8 Å². The molecule has 0 amide bonds. The van der Waals surface area contributed by atoms with Crippen molar-refractivity contribution in [2.75, 3.05) is 0 Å². The minimum atomic E-state index is -0.543. The molecule has 43 heavy (non-hydrogen) atoms. The van der Waals surface area contributed by atoms with E-state index in [4.69, 9.17) is 14.2 Å². The van der Waals surface area contributed by atoms with E-state index < -0.39 is 11.9 Å². The molecule has 1 heterocycles. The van der Waals surface area contributed by atoms with Crippen molar-refractivity contribution in [2.24, 2.45) is 17.8 Å². The van der Waals surface area contributed by atoms with Gasteiger partial charge in [-0.05, 0) is 100.0 Å². The first-order chi connectivity index (χ1) is 20.3. The summed E-state index contributed by atoms with van der Waals surface area (Å²) in [6.07, 6.45) is 13.4. The lowest BCUT2D eigenvalue weighted by Crippen LogP contribution is -2.37. The first kappa shape index (κ1) is 34.7. The Bertz CT molecular complexity index is 1250. The fraction of sp³-hybridized carbons (Fsp3) is 0.632. The zero-order chi connectivity index (χ0) is 31.7. The van der Waals surface area contributed by atoms with Gasteiger partial charge in [-0.1, -0.05) is 84.8 Å². The summed E-state index contributed by atoms with van der Waals surface area (Å²) in [5.41, 5.74) is 3.99. The Morgan fingerprint density at radius 1 is 0.837 bits per heavy atom. The molecule has 5 nitrogen and oxygen atoms in total. The maximum atomic E-state index is 13.2. The molecule has 238 valence electrons. The van der Waals surface area contributed by atoms with Crippen LogP contribution in [-0.2, 0) is 11.2 Å². The van der Waals surface area contributed by atoms with Crippen LogP contribution in [0, 0.1) is 38.5 Å². The van der Waals surface area contributed by atoms with E-state index in [-0.39, 0.29) is 16.9 Å². The highest BCUT2D eigenvalue weighted by Gasteiger charge is 2.35. The molecule has 0 unspecified atom stereocenters. The predicted molar refractivity (Wildman–Crippen MR) is 175 cm³/mol. The molecule has 1 aliphatic rings. The smallest absolute Gasteiger partial charge is 0.347 e. The lowest BCUT2D eigenvalue weighted by Gasteiger charge is -2.38. The maximum absolute atomic E-state index is 13.2. The zero-order valence-corrected chi connectivity index (χ0v) is 28.4. The molecule has 0 aromatic heterocycles. The van der Waals surface area contributed by atoms with E-state index in [1.54, 1.807) is 24.3 Å². The van der Waals surface area contributed by atoms with Gasteiger partial charge in [0.25, 0.3) is 0 Å². The minimum Gasteiger partial charge on any atom is -0.487 e. The average molecular weight is 593 g/mol. The van der Waals surface area contributed by atoms with Gasteiger partial charge in [0.05, 0.1) is 0 Å². The van der Waals surface area contributed by atoms with Gasteiger partial charge in [-0.25, -0.2) is 4.79 Å². The van der Waals surface area contributed by atoms with Crippen LogP contribution in [-0.4, -0.2) is 17.5 Å². The highest BCUT2D eigenvalue weighted by Crippen LogP contribution is 2.45.